The predicted octanol–water partition coefficient (Wildman–Crippen LogP) is 6.07. The maximum atomic E-state index is 13.3. The lowest BCUT2D eigenvalue weighted by molar-refractivity contribution is -0.103. The number of carbonyl (C=O) groups excluding carboxylic acids is 2. The van der Waals surface area contributed by atoms with Crippen molar-refractivity contribution in [2.24, 2.45) is 0 Å². The molecular weight excluding hydrogens is 412 g/mol. The zero-order chi connectivity index (χ0) is 23.4. The summed E-state index contributed by atoms with van der Waals surface area (Å²) in [5.41, 5.74) is 5.00. The molecule has 0 spiro atoms. The SMILES string of the molecule is Cc1ccc(C)n1-c1ccc(C(C)N(OC(=O)c2ccccc2)C(=O)c2ccccc2)cc1. The van der Waals surface area contributed by atoms with Crippen molar-refractivity contribution in [1.82, 2.24) is 9.63 Å². The molecule has 1 unspecified atom stereocenters. The van der Waals surface area contributed by atoms with Crippen LogP contribution in [0.2, 0.25) is 0 Å². The summed E-state index contributed by atoms with van der Waals surface area (Å²) in [6, 6.07) is 29.1. The molecule has 166 valence electrons. The smallest absolute Gasteiger partial charge is 0.332 e. The Hall–Kier alpha value is -4.12. The number of hydroxylamine groups is 2. The van der Waals surface area contributed by atoms with Crippen molar-refractivity contribution in [2.75, 3.05) is 0 Å². The van der Waals surface area contributed by atoms with Gasteiger partial charge in [-0.2, -0.15) is 5.06 Å². The van der Waals surface area contributed by atoms with Gasteiger partial charge in [-0.25, -0.2) is 4.79 Å². The van der Waals surface area contributed by atoms with Crippen LogP contribution >= 0.6 is 0 Å². The molecule has 4 aromatic rings. The maximum Gasteiger partial charge on any atom is 0.363 e. The van der Waals surface area contributed by atoms with Gasteiger partial charge in [0, 0.05) is 22.6 Å². The topological polar surface area (TPSA) is 51.5 Å². The van der Waals surface area contributed by atoms with E-state index in [1.807, 2.05) is 43.3 Å². The number of nitrogens with zero attached hydrogens (tertiary/aromatic N) is 2. The highest BCUT2D eigenvalue weighted by atomic mass is 16.7. The largest absolute Gasteiger partial charge is 0.363 e. The minimum absolute atomic E-state index is 0.379. The molecule has 0 radical (unpaired) electrons. The molecule has 5 heteroatoms. The standard InChI is InChI=1S/C28H26N2O3/c1-20-14-15-21(2)29(20)26-18-16-23(17-19-26)22(3)30(27(31)24-10-6-4-7-11-24)33-28(32)25-12-8-5-9-13-25/h4-19,22H,1-3H3. The Morgan fingerprint density at radius 2 is 1.24 bits per heavy atom. The fourth-order valence-corrected chi connectivity index (χ4v) is 3.83. The number of rotatable bonds is 5. The van der Waals surface area contributed by atoms with Crippen molar-refractivity contribution in [3.63, 3.8) is 0 Å². The van der Waals surface area contributed by atoms with Crippen LogP contribution in [0.15, 0.2) is 97.1 Å². The second kappa shape index (κ2) is 9.57. The van der Waals surface area contributed by atoms with Crippen LogP contribution in [0.3, 0.4) is 0 Å². The molecule has 0 aliphatic rings. The lowest BCUT2D eigenvalue weighted by Gasteiger charge is -2.28. The van der Waals surface area contributed by atoms with Crippen LogP contribution in [0.25, 0.3) is 5.69 Å². The number of carbonyl (C=O) groups is 2. The first-order chi connectivity index (χ1) is 16.0. The molecule has 1 aromatic heterocycles. The van der Waals surface area contributed by atoms with Crippen molar-refractivity contribution in [3.05, 3.63) is 125 Å². The van der Waals surface area contributed by atoms with Crippen molar-refractivity contribution in [2.45, 2.75) is 26.8 Å². The second-order valence-corrected chi connectivity index (χ2v) is 7.96. The molecule has 0 bridgehead atoms. The number of benzene rings is 3. The zero-order valence-corrected chi connectivity index (χ0v) is 18.9. The van der Waals surface area contributed by atoms with E-state index in [2.05, 4.69) is 30.5 Å². The summed E-state index contributed by atoms with van der Waals surface area (Å²) in [5, 5.41) is 1.16. The van der Waals surface area contributed by atoms with Gasteiger partial charge in [0.2, 0.25) is 0 Å². The third kappa shape index (κ3) is 4.72. The van der Waals surface area contributed by atoms with E-state index in [0.29, 0.717) is 11.1 Å². The van der Waals surface area contributed by atoms with Gasteiger partial charge in [0.25, 0.3) is 5.91 Å². The van der Waals surface area contributed by atoms with Crippen molar-refractivity contribution >= 4 is 11.9 Å². The number of hydrogen-bond donors (Lipinski definition) is 0. The van der Waals surface area contributed by atoms with E-state index in [9.17, 15) is 9.59 Å². The first kappa shape index (κ1) is 22.1. The van der Waals surface area contributed by atoms with Gasteiger partial charge in [-0.1, -0.05) is 48.5 Å². The van der Waals surface area contributed by atoms with E-state index in [4.69, 9.17) is 4.84 Å². The quantitative estimate of drug-likeness (QED) is 0.355. The molecule has 1 atom stereocenters. The van der Waals surface area contributed by atoms with E-state index < -0.39 is 12.0 Å². The van der Waals surface area contributed by atoms with E-state index in [1.54, 1.807) is 48.5 Å². The van der Waals surface area contributed by atoms with Gasteiger partial charge in [0.05, 0.1) is 11.6 Å². The molecule has 0 aliphatic heterocycles. The van der Waals surface area contributed by atoms with Crippen LogP contribution in [0.1, 0.15) is 50.6 Å². The van der Waals surface area contributed by atoms with Gasteiger partial charge in [0.1, 0.15) is 0 Å². The minimum atomic E-state index is -0.582. The average Bonchev–Trinajstić information content (AvgIpc) is 3.20. The van der Waals surface area contributed by atoms with Crippen molar-refractivity contribution in [3.8, 4) is 5.69 Å². The lowest BCUT2D eigenvalue weighted by atomic mass is 10.1. The average molecular weight is 439 g/mol. The van der Waals surface area contributed by atoms with Gasteiger partial charge in [-0.05, 0) is 74.9 Å². The molecule has 0 fully saturated rings. The highest BCUT2D eigenvalue weighted by Gasteiger charge is 2.27. The third-order valence-corrected chi connectivity index (χ3v) is 5.67. The van der Waals surface area contributed by atoms with Crippen molar-refractivity contribution in [1.29, 1.82) is 0 Å². The molecule has 5 nitrogen and oxygen atoms in total. The Morgan fingerprint density at radius 3 is 1.79 bits per heavy atom. The van der Waals surface area contributed by atoms with Gasteiger partial charge < -0.3 is 9.40 Å². The summed E-state index contributed by atoms with van der Waals surface area (Å²) in [4.78, 5) is 31.8. The Kier molecular flexibility index (Phi) is 6.41. The van der Waals surface area contributed by atoms with Crippen LogP contribution in [0.5, 0.6) is 0 Å². The highest BCUT2D eigenvalue weighted by molar-refractivity contribution is 5.96. The lowest BCUT2D eigenvalue weighted by Crippen LogP contribution is -2.36. The Morgan fingerprint density at radius 1 is 0.727 bits per heavy atom. The zero-order valence-electron chi connectivity index (χ0n) is 18.9. The molecular formula is C28H26N2O3. The van der Waals surface area contributed by atoms with Crippen LogP contribution in [0.4, 0.5) is 0 Å². The summed E-state index contributed by atoms with van der Waals surface area (Å²) < 4.78 is 2.16. The maximum absolute atomic E-state index is 13.3. The Labute approximate surface area is 193 Å². The predicted molar refractivity (Wildman–Crippen MR) is 128 cm³/mol. The summed E-state index contributed by atoms with van der Waals surface area (Å²) in [6.45, 7) is 5.97. The summed E-state index contributed by atoms with van der Waals surface area (Å²) in [5.74, 6) is -0.963. The second-order valence-electron chi connectivity index (χ2n) is 7.96. The van der Waals surface area contributed by atoms with Crippen LogP contribution in [-0.4, -0.2) is 21.5 Å². The van der Waals surface area contributed by atoms with E-state index in [1.165, 1.54) is 0 Å². The number of aryl methyl sites for hydroxylation is 2. The molecule has 1 amide bonds. The van der Waals surface area contributed by atoms with Gasteiger partial charge >= 0.3 is 5.97 Å². The highest BCUT2D eigenvalue weighted by Crippen LogP contribution is 2.26. The third-order valence-electron chi connectivity index (χ3n) is 5.67. The van der Waals surface area contributed by atoms with Crippen LogP contribution in [0, 0.1) is 13.8 Å². The minimum Gasteiger partial charge on any atom is -0.332 e. The van der Waals surface area contributed by atoms with Crippen LogP contribution < -0.4 is 0 Å². The normalized spacial score (nSPS) is 11.6. The molecule has 4 rings (SSSR count). The molecule has 0 saturated carbocycles. The van der Waals surface area contributed by atoms with Gasteiger partial charge in [-0.15, -0.1) is 0 Å². The monoisotopic (exact) mass is 438 g/mol. The summed E-state index contributed by atoms with van der Waals surface area (Å²) >= 11 is 0. The molecule has 0 saturated heterocycles. The molecule has 33 heavy (non-hydrogen) atoms. The van der Waals surface area contributed by atoms with Crippen molar-refractivity contribution < 1.29 is 14.4 Å². The summed E-state index contributed by atoms with van der Waals surface area (Å²) in [7, 11) is 0. The number of hydrogen-bond acceptors (Lipinski definition) is 3. The fraction of sp³-hybridized carbons (Fsp3) is 0.143. The fourth-order valence-electron chi connectivity index (χ4n) is 3.83. The number of aromatic nitrogens is 1. The molecule has 3 aromatic carbocycles. The van der Waals surface area contributed by atoms with E-state index >= 15 is 0 Å². The molecule has 0 N–H and O–H groups in total. The van der Waals surface area contributed by atoms with Gasteiger partial charge in [-0.3, -0.25) is 4.79 Å². The Bertz CT molecular complexity index is 1230. The Balaban J connectivity index is 1.64. The van der Waals surface area contributed by atoms with Crippen LogP contribution in [-0.2, 0) is 4.84 Å². The molecule has 0 aliphatic carbocycles. The van der Waals surface area contributed by atoms with Gasteiger partial charge in [0.15, 0.2) is 0 Å². The first-order valence-corrected chi connectivity index (χ1v) is 10.9. The number of amides is 1. The van der Waals surface area contributed by atoms with E-state index in [-0.39, 0.29) is 5.91 Å². The summed E-state index contributed by atoms with van der Waals surface area (Å²) in [6.07, 6.45) is 0. The van der Waals surface area contributed by atoms with E-state index in [0.717, 1.165) is 27.7 Å². The first-order valence-electron chi connectivity index (χ1n) is 10.9. The molecule has 1 heterocycles.